The van der Waals surface area contributed by atoms with E-state index in [1.807, 2.05) is 19.9 Å². The molecule has 16 heteroatoms. The molecule has 4 heterocycles. The van der Waals surface area contributed by atoms with Crippen LogP contribution in [0.1, 0.15) is 73.9 Å². The van der Waals surface area contributed by atoms with E-state index in [0.29, 0.717) is 28.4 Å². The Labute approximate surface area is 266 Å². The Balaban J connectivity index is 0.000000177. The Morgan fingerprint density at radius 2 is 1.13 bits per heavy atom. The van der Waals surface area contributed by atoms with Gasteiger partial charge >= 0.3 is 19.5 Å². The molecule has 2 fully saturated rings. The van der Waals surface area contributed by atoms with Crippen LogP contribution in [0.15, 0.2) is 49.1 Å². The fraction of sp³-hybridized carbons (Fsp3) is 0.400. The largest absolute Gasteiger partial charge is 0.454 e. The summed E-state index contributed by atoms with van der Waals surface area (Å²) in [6.07, 6.45) is 1.35. The molecule has 0 bridgehead atoms. The maximum absolute atomic E-state index is 12.5. The Bertz CT molecular complexity index is 1600. The van der Waals surface area contributed by atoms with E-state index in [4.69, 9.17) is 21.6 Å². The molecular formula is C30H30BClF6N6O2. The number of nitrogens with zero attached hydrogens (tertiary/aromatic N) is 6. The van der Waals surface area contributed by atoms with Gasteiger partial charge in [0, 0.05) is 47.5 Å². The average Bonchev–Trinajstić information content (AvgIpc) is 3.94. The average molecular weight is 667 g/mol. The van der Waals surface area contributed by atoms with E-state index in [-0.39, 0.29) is 11.0 Å². The Morgan fingerprint density at radius 1 is 0.696 bits per heavy atom. The first-order chi connectivity index (χ1) is 21.7. The number of hydrogen-bond donors (Lipinski definition) is 2. The van der Waals surface area contributed by atoms with Gasteiger partial charge in [-0.3, -0.25) is 4.98 Å². The van der Waals surface area contributed by atoms with Crippen molar-refractivity contribution >= 4 is 18.7 Å². The minimum atomic E-state index is -4.55. The van der Waals surface area contributed by atoms with Gasteiger partial charge in [0.05, 0.1) is 11.4 Å². The summed E-state index contributed by atoms with van der Waals surface area (Å²) in [5, 5.41) is 16.8. The zero-order valence-electron chi connectivity index (χ0n) is 24.8. The summed E-state index contributed by atoms with van der Waals surface area (Å²) in [7, 11) is -1.04. The Morgan fingerprint density at radius 3 is 1.48 bits per heavy atom. The van der Waals surface area contributed by atoms with Crippen LogP contribution in [0.25, 0.3) is 22.5 Å². The van der Waals surface area contributed by atoms with E-state index in [1.165, 1.54) is 12.4 Å². The molecule has 0 amide bonds. The number of aryl methyl sites for hydroxylation is 2. The van der Waals surface area contributed by atoms with Crippen molar-refractivity contribution in [1.82, 2.24) is 29.9 Å². The normalized spacial score (nSPS) is 14.5. The molecule has 0 radical (unpaired) electrons. The van der Waals surface area contributed by atoms with Gasteiger partial charge in [0.15, 0.2) is 0 Å². The number of hydrogen-bond acceptors (Lipinski definition) is 8. The number of rotatable bonds is 6. The van der Waals surface area contributed by atoms with E-state index < -0.39 is 31.1 Å². The maximum atomic E-state index is 12.5. The fourth-order valence-corrected chi connectivity index (χ4v) is 4.29. The van der Waals surface area contributed by atoms with E-state index in [9.17, 15) is 26.3 Å². The van der Waals surface area contributed by atoms with Crippen molar-refractivity contribution in [2.45, 2.75) is 76.5 Å². The Hall–Kier alpha value is -3.69. The molecule has 0 spiro atoms. The van der Waals surface area contributed by atoms with Crippen molar-refractivity contribution in [3.63, 3.8) is 0 Å². The van der Waals surface area contributed by atoms with Gasteiger partial charge in [0.25, 0.3) is 0 Å². The first kappa shape index (κ1) is 35.2. The van der Waals surface area contributed by atoms with Gasteiger partial charge in [0.1, 0.15) is 5.15 Å². The first-order valence-corrected chi connectivity index (χ1v) is 14.9. The van der Waals surface area contributed by atoms with E-state index >= 15 is 0 Å². The number of halogens is 7. The standard InChI is InChI=1S/C15H14F3N3.C12H9ClF3N3.C3H7BO2/c1-2-9-5-12(10-3-4-10)21-13(6-9)11-7-19-14(20-8-11)15(16,17)18;1-2-7-3-9(19-10(13)4-7)8-5-17-11(18-6-8)12(14,15)16;5-4(6)3-1-2-3/h5-8,10H,2-4H2,1H3;3-6H,2H2,1H3;3,5-6H,1-2H2. The third kappa shape index (κ3) is 10.2. The number of aromatic nitrogens is 6. The predicted octanol–water partition coefficient (Wildman–Crippen LogP) is 7.39. The smallest absolute Gasteiger partial charge is 0.427 e. The zero-order valence-corrected chi connectivity index (χ0v) is 25.6. The lowest BCUT2D eigenvalue weighted by molar-refractivity contribution is -0.145. The highest BCUT2D eigenvalue weighted by Crippen LogP contribution is 2.40. The van der Waals surface area contributed by atoms with Crippen LogP contribution < -0.4 is 0 Å². The molecule has 0 aromatic carbocycles. The van der Waals surface area contributed by atoms with Crippen molar-refractivity contribution in [2.24, 2.45) is 0 Å². The van der Waals surface area contributed by atoms with Gasteiger partial charge in [-0.2, -0.15) is 26.3 Å². The van der Waals surface area contributed by atoms with Crippen molar-refractivity contribution in [1.29, 1.82) is 0 Å². The second-order valence-electron chi connectivity index (χ2n) is 10.8. The minimum absolute atomic E-state index is 0.213. The molecule has 0 unspecified atom stereocenters. The molecule has 244 valence electrons. The number of pyridine rings is 2. The van der Waals surface area contributed by atoms with E-state index in [0.717, 1.165) is 67.7 Å². The van der Waals surface area contributed by atoms with Gasteiger partial charge < -0.3 is 10.0 Å². The second-order valence-corrected chi connectivity index (χ2v) is 11.2. The molecule has 46 heavy (non-hydrogen) atoms. The van der Waals surface area contributed by atoms with Gasteiger partial charge in [-0.15, -0.1) is 0 Å². The molecule has 2 aliphatic carbocycles. The van der Waals surface area contributed by atoms with E-state index in [2.05, 4.69) is 36.0 Å². The van der Waals surface area contributed by atoms with Crippen LogP contribution in [0, 0.1) is 0 Å². The first-order valence-electron chi connectivity index (χ1n) is 14.5. The molecule has 8 nitrogen and oxygen atoms in total. The maximum Gasteiger partial charge on any atom is 0.454 e. The summed E-state index contributed by atoms with van der Waals surface area (Å²) in [4.78, 5) is 22.0. The third-order valence-electron chi connectivity index (χ3n) is 7.02. The predicted molar refractivity (Wildman–Crippen MR) is 159 cm³/mol. The van der Waals surface area contributed by atoms with Gasteiger partial charge in [-0.1, -0.05) is 38.3 Å². The molecule has 2 aliphatic rings. The zero-order chi connectivity index (χ0) is 33.6. The SMILES string of the molecule is CCc1cc(-c2cnc(C(F)(F)F)nc2)nc(C2CC2)c1.CCc1cc(Cl)nc(-c2cnc(C(F)(F)F)nc2)c1.OB(O)C1CC1. The molecule has 0 aliphatic heterocycles. The topological polar surface area (TPSA) is 118 Å². The van der Waals surface area contributed by atoms with Crippen molar-refractivity contribution in [2.75, 3.05) is 0 Å². The Kier molecular flexibility index (Phi) is 11.3. The summed E-state index contributed by atoms with van der Waals surface area (Å²) < 4.78 is 74.5. The molecule has 0 atom stereocenters. The third-order valence-corrected chi connectivity index (χ3v) is 7.21. The van der Waals surface area contributed by atoms with Gasteiger partial charge in [-0.05, 0) is 66.9 Å². The van der Waals surface area contributed by atoms with Crippen LogP contribution in [-0.4, -0.2) is 47.1 Å². The van der Waals surface area contributed by atoms with Crippen LogP contribution in [0.3, 0.4) is 0 Å². The van der Waals surface area contributed by atoms with E-state index in [1.54, 1.807) is 12.1 Å². The van der Waals surface area contributed by atoms with Crippen LogP contribution in [0.4, 0.5) is 26.3 Å². The van der Waals surface area contributed by atoms with Crippen molar-refractivity contribution in [3.05, 3.63) is 82.7 Å². The van der Waals surface area contributed by atoms with Crippen LogP contribution >= 0.6 is 11.6 Å². The summed E-state index contributed by atoms with van der Waals surface area (Å²) in [5.41, 5.74) is 5.09. The van der Waals surface area contributed by atoms with Gasteiger partial charge in [0.2, 0.25) is 11.6 Å². The lowest BCUT2D eigenvalue weighted by Crippen LogP contribution is -2.10. The van der Waals surface area contributed by atoms with Crippen LogP contribution in [-0.2, 0) is 25.2 Å². The summed E-state index contributed by atoms with van der Waals surface area (Å²) in [6.45, 7) is 3.98. The molecular weight excluding hydrogens is 637 g/mol. The molecule has 4 aromatic rings. The molecule has 0 saturated heterocycles. The minimum Gasteiger partial charge on any atom is -0.427 e. The number of alkyl halides is 6. The highest BCUT2D eigenvalue weighted by molar-refractivity contribution is 6.44. The highest BCUT2D eigenvalue weighted by atomic mass is 35.5. The highest BCUT2D eigenvalue weighted by Gasteiger charge is 2.35. The lowest BCUT2D eigenvalue weighted by atomic mass is 9.84. The van der Waals surface area contributed by atoms with Gasteiger partial charge in [-0.25, -0.2) is 24.9 Å². The summed E-state index contributed by atoms with van der Waals surface area (Å²) in [5.74, 6) is -1.59. The lowest BCUT2D eigenvalue weighted by Gasteiger charge is -2.08. The van der Waals surface area contributed by atoms with Crippen molar-refractivity contribution < 1.29 is 36.4 Å². The van der Waals surface area contributed by atoms with Crippen LogP contribution in [0.2, 0.25) is 11.0 Å². The summed E-state index contributed by atoms with van der Waals surface area (Å²) in [6, 6.07) is 7.41. The quantitative estimate of drug-likeness (QED) is 0.124. The monoisotopic (exact) mass is 666 g/mol. The fourth-order valence-electron chi connectivity index (χ4n) is 4.06. The molecule has 2 N–H and O–H groups in total. The summed E-state index contributed by atoms with van der Waals surface area (Å²) >= 11 is 5.85. The molecule has 6 rings (SSSR count). The van der Waals surface area contributed by atoms with Crippen molar-refractivity contribution in [3.8, 4) is 22.5 Å². The van der Waals surface area contributed by atoms with Crippen LogP contribution in [0.5, 0.6) is 0 Å². The molecule has 2 saturated carbocycles. The second kappa shape index (κ2) is 14.8. The molecule has 4 aromatic heterocycles.